The van der Waals surface area contributed by atoms with Crippen molar-refractivity contribution in [1.82, 2.24) is 4.90 Å². The minimum Gasteiger partial charge on any atom is -0.326 e. The average Bonchev–Trinajstić information content (AvgIpc) is 3.27. The van der Waals surface area contributed by atoms with E-state index in [0.29, 0.717) is 12.5 Å². The number of nitrogens with two attached hydrogens (primary N) is 1. The van der Waals surface area contributed by atoms with Crippen LogP contribution < -0.4 is 5.73 Å². The topological polar surface area (TPSA) is 53.0 Å². The lowest BCUT2D eigenvalue weighted by molar-refractivity contribution is 0.163. The van der Waals surface area contributed by atoms with Gasteiger partial charge in [0.15, 0.2) is 0 Å². The van der Waals surface area contributed by atoms with Gasteiger partial charge in [-0.15, -0.1) is 0 Å². The second-order valence-electron chi connectivity index (χ2n) is 5.45. The van der Waals surface area contributed by atoms with Crippen molar-refractivity contribution in [1.29, 1.82) is 5.26 Å². The zero-order valence-electron chi connectivity index (χ0n) is 11.9. The third-order valence-corrected chi connectivity index (χ3v) is 4.16. The van der Waals surface area contributed by atoms with Crippen LogP contribution in [0.1, 0.15) is 44.2 Å². The summed E-state index contributed by atoms with van der Waals surface area (Å²) in [6.45, 7) is 2.89. The molecule has 2 rings (SSSR count). The van der Waals surface area contributed by atoms with E-state index >= 15 is 0 Å². The van der Waals surface area contributed by atoms with Crippen LogP contribution in [0.2, 0.25) is 5.02 Å². The quantitative estimate of drug-likeness (QED) is 0.836. The molecule has 1 aromatic rings. The van der Waals surface area contributed by atoms with Gasteiger partial charge in [-0.2, -0.15) is 5.26 Å². The Morgan fingerprint density at radius 3 is 2.80 bits per heavy atom. The van der Waals surface area contributed by atoms with Crippen LogP contribution >= 0.6 is 11.6 Å². The van der Waals surface area contributed by atoms with Crippen LogP contribution in [0.15, 0.2) is 24.3 Å². The highest BCUT2D eigenvalue weighted by atomic mass is 35.5. The highest BCUT2D eigenvalue weighted by molar-refractivity contribution is 6.30. The van der Waals surface area contributed by atoms with Crippen LogP contribution in [0.3, 0.4) is 0 Å². The molecule has 2 unspecified atom stereocenters. The van der Waals surface area contributed by atoms with Gasteiger partial charge in [0.2, 0.25) is 0 Å². The third kappa shape index (κ3) is 3.73. The normalized spacial score (nSPS) is 17.8. The smallest absolute Gasteiger partial charge is 0.0635 e. The SMILES string of the molecule is CCC(N)C(c1cccc(Cl)c1)N(CCC#N)C1CC1. The van der Waals surface area contributed by atoms with Crippen molar-refractivity contribution in [3.05, 3.63) is 34.9 Å². The lowest BCUT2D eigenvalue weighted by atomic mass is 9.96. The summed E-state index contributed by atoms with van der Waals surface area (Å²) in [5, 5.41) is 9.62. The van der Waals surface area contributed by atoms with Crippen molar-refractivity contribution in [3.8, 4) is 6.07 Å². The second-order valence-corrected chi connectivity index (χ2v) is 5.89. The molecule has 0 bridgehead atoms. The fourth-order valence-electron chi connectivity index (χ4n) is 2.73. The van der Waals surface area contributed by atoms with E-state index < -0.39 is 0 Å². The predicted octanol–water partition coefficient (Wildman–Crippen LogP) is 3.50. The van der Waals surface area contributed by atoms with Gasteiger partial charge in [-0.3, -0.25) is 4.90 Å². The first kappa shape index (κ1) is 15.3. The Morgan fingerprint density at radius 2 is 2.25 bits per heavy atom. The third-order valence-electron chi connectivity index (χ3n) is 3.92. The van der Waals surface area contributed by atoms with Gasteiger partial charge >= 0.3 is 0 Å². The highest BCUT2D eigenvalue weighted by Crippen LogP contribution is 2.37. The van der Waals surface area contributed by atoms with Gasteiger partial charge in [0.05, 0.1) is 12.1 Å². The Kier molecular flexibility index (Phi) is 5.42. The number of nitriles is 1. The van der Waals surface area contributed by atoms with Crippen molar-refractivity contribution >= 4 is 11.6 Å². The molecule has 1 saturated carbocycles. The van der Waals surface area contributed by atoms with Crippen molar-refractivity contribution < 1.29 is 0 Å². The number of halogens is 1. The van der Waals surface area contributed by atoms with E-state index in [2.05, 4.69) is 24.0 Å². The molecule has 0 aliphatic heterocycles. The first-order valence-electron chi connectivity index (χ1n) is 7.31. The first-order chi connectivity index (χ1) is 9.67. The molecule has 1 aliphatic carbocycles. The average molecular weight is 292 g/mol. The van der Waals surface area contributed by atoms with Gasteiger partial charge in [0, 0.05) is 30.1 Å². The maximum Gasteiger partial charge on any atom is 0.0635 e. The van der Waals surface area contributed by atoms with Crippen LogP contribution in [0.5, 0.6) is 0 Å². The van der Waals surface area contributed by atoms with Crippen LogP contribution in [0.25, 0.3) is 0 Å². The summed E-state index contributed by atoms with van der Waals surface area (Å²) in [6.07, 6.45) is 3.87. The summed E-state index contributed by atoms with van der Waals surface area (Å²) in [4.78, 5) is 2.41. The Morgan fingerprint density at radius 1 is 1.50 bits per heavy atom. The minimum absolute atomic E-state index is 0.0627. The lowest BCUT2D eigenvalue weighted by Gasteiger charge is -2.35. The monoisotopic (exact) mass is 291 g/mol. The predicted molar refractivity (Wildman–Crippen MR) is 82.4 cm³/mol. The molecular weight excluding hydrogens is 270 g/mol. The molecule has 1 fully saturated rings. The molecule has 0 spiro atoms. The Balaban J connectivity index is 2.27. The van der Waals surface area contributed by atoms with Crippen molar-refractivity contribution in [2.45, 2.75) is 50.7 Å². The maximum absolute atomic E-state index is 8.88. The maximum atomic E-state index is 8.88. The molecule has 0 heterocycles. The van der Waals surface area contributed by atoms with E-state index in [9.17, 15) is 0 Å². The zero-order chi connectivity index (χ0) is 14.5. The van der Waals surface area contributed by atoms with Crippen LogP contribution in [-0.4, -0.2) is 23.5 Å². The molecule has 1 aliphatic rings. The van der Waals surface area contributed by atoms with Gasteiger partial charge in [0.25, 0.3) is 0 Å². The molecule has 2 atom stereocenters. The largest absolute Gasteiger partial charge is 0.326 e. The summed E-state index contributed by atoms with van der Waals surface area (Å²) in [5.41, 5.74) is 7.53. The molecule has 0 radical (unpaired) electrons. The summed E-state index contributed by atoms with van der Waals surface area (Å²) in [6, 6.07) is 11.0. The molecule has 3 nitrogen and oxygen atoms in total. The molecule has 108 valence electrons. The number of rotatable bonds is 7. The molecule has 0 saturated heterocycles. The van der Waals surface area contributed by atoms with E-state index in [4.69, 9.17) is 22.6 Å². The van der Waals surface area contributed by atoms with Gasteiger partial charge < -0.3 is 5.73 Å². The summed E-state index contributed by atoms with van der Waals surface area (Å²) >= 11 is 6.13. The standard InChI is InChI=1S/C16H22ClN3/c1-2-15(19)16(12-5-3-6-13(17)11-12)20(10-4-9-18)14-7-8-14/h3,5-6,11,14-16H,2,4,7-8,10,19H2,1H3. The van der Waals surface area contributed by atoms with E-state index in [0.717, 1.165) is 23.6 Å². The second kappa shape index (κ2) is 7.08. The summed E-state index contributed by atoms with van der Waals surface area (Å²) < 4.78 is 0. The molecular formula is C16H22ClN3. The molecule has 4 heteroatoms. The molecule has 20 heavy (non-hydrogen) atoms. The van der Waals surface area contributed by atoms with E-state index in [-0.39, 0.29) is 12.1 Å². The van der Waals surface area contributed by atoms with Gasteiger partial charge in [-0.25, -0.2) is 0 Å². The number of hydrogen-bond acceptors (Lipinski definition) is 3. The Bertz CT molecular complexity index is 479. The minimum atomic E-state index is 0.0627. The van der Waals surface area contributed by atoms with Crippen molar-refractivity contribution in [2.75, 3.05) is 6.54 Å². The fourth-order valence-corrected chi connectivity index (χ4v) is 2.93. The lowest BCUT2D eigenvalue weighted by Crippen LogP contribution is -2.42. The van der Waals surface area contributed by atoms with E-state index in [1.165, 1.54) is 12.8 Å². The first-order valence-corrected chi connectivity index (χ1v) is 7.69. The van der Waals surface area contributed by atoms with E-state index in [1.807, 2.05) is 18.2 Å². The Labute approximate surface area is 126 Å². The molecule has 0 aromatic heterocycles. The number of benzene rings is 1. The number of hydrogen-bond donors (Lipinski definition) is 1. The molecule has 0 amide bonds. The fraction of sp³-hybridized carbons (Fsp3) is 0.562. The van der Waals surface area contributed by atoms with Crippen molar-refractivity contribution in [3.63, 3.8) is 0 Å². The van der Waals surface area contributed by atoms with Crippen molar-refractivity contribution in [2.24, 2.45) is 5.73 Å². The zero-order valence-corrected chi connectivity index (χ0v) is 12.7. The molecule has 1 aromatic carbocycles. The summed E-state index contributed by atoms with van der Waals surface area (Å²) in [5.74, 6) is 0. The van der Waals surface area contributed by atoms with Crippen LogP contribution in [0.4, 0.5) is 0 Å². The van der Waals surface area contributed by atoms with Gasteiger partial charge in [-0.05, 0) is 37.0 Å². The Hall–Kier alpha value is -1.08. The molecule has 2 N–H and O–H groups in total. The van der Waals surface area contributed by atoms with Gasteiger partial charge in [0.1, 0.15) is 0 Å². The van der Waals surface area contributed by atoms with Gasteiger partial charge in [-0.1, -0.05) is 30.7 Å². The van der Waals surface area contributed by atoms with E-state index in [1.54, 1.807) is 0 Å². The number of nitrogens with zero attached hydrogens (tertiary/aromatic N) is 2. The summed E-state index contributed by atoms with van der Waals surface area (Å²) in [7, 11) is 0. The van der Waals surface area contributed by atoms with Crippen LogP contribution in [-0.2, 0) is 0 Å². The van der Waals surface area contributed by atoms with Crippen LogP contribution in [0, 0.1) is 11.3 Å². The highest BCUT2D eigenvalue weighted by Gasteiger charge is 2.36.